The number of nitrogens with zero attached hydrogens (tertiary/aromatic N) is 2. The second-order valence-electron chi connectivity index (χ2n) is 4.87. The molecule has 2 aromatic rings. The third-order valence-electron chi connectivity index (χ3n) is 3.14. The molecule has 0 aliphatic carbocycles. The van der Waals surface area contributed by atoms with E-state index < -0.39 is 5.54 Å². The summed E-state index contributed by atoms with van der Waals surface area (Å²) in [5.41, 5.74) is 6.60. The molecule has 5 nitrogen and oxygen atoms in total. The van der Waals surface area contributed by atoms with Gasteiger partial charge in [0.05, 0.1) is 16.6 Å². The molecule has 17 heavy (non-hydrogen) atoms. The summed E-state index contributed by atoms with van der Waals surface area (Å²) in [5, 5.41) is 9.54. The fourth-order valence-electron chi connectivity index (χ4n) is 2.01. The molecule has 0 spiro atoms. The van der Waals surface area contributed by atoms with Crippen LogP contribution >= 0.6 is 0 Å². The van der Waals surface area contributed by atoms with E-state index in [1.807, 2.05) is 13.8 Å². The fourth-order valence-corrected chi connectivity index (χ4v) is 2.01. The molecule has 92 valence electrons. The molecule has 0 fully saturated rings. The normalized spacial score (nSPS) is 12.2. The molecule has 1 aromatic carbocycles. The average Bonchev–Trinajstić information content (AvgIpc) is 2.51. The van der Waals surface area contributed by atoms with Crippen molar-refractivity contribution >= 4 is 11.0 Å². The number of imidazole rings is 1. The van der Waals surface area contributed by atoms with Crippen LogP contribution in [-0.2, 0) is 12.6 Å². The Balaban J connectivity index is 2.92. The molecule has 5 heteroatoms. The number of nitrogens with two attached hydrogens (primary N) is 1. The Hall–Kier alpha value is -1.75. The van der Waals surface area contributed by atoms with Gasteiger partial charge >= 0.3 is 5.69 Å². The summed E-state index contributed by atoms with van der Waals surface area (Å²) in [7, 11) is 1.71. The van der Waals surface area contributed by atoms with E-state index in [0.29, 0.717) is 12.1 Å². The number of phenolic OH excluding ortho intramolecular Hbond substituents is 1. The summed E-state index contributed by atoms with van der Waals surface area (Å²) in [5.74, 6) is 0.143. The van der Waals surface area contributed by atoms with Crippen molar-refractivity contribution in [2.75, 3.05) is 6.54 Å². The second-order valence-corrected chi connectivity index (χ2v) is 4.87. The molecule has 1 aromatic heterocycles. The first-order valence-electron chi connectivity index (χ1n) is 5.49. The summed E-state index contributed by atoms with van der Waals surface area (Å²) in [6.45, 7) is 4.15. The highest BCUT2D eigenvalue weighted by Crippen LogP contribution is 2.23. The predicted octanol–water partition coefficient (Wildman–Crippen LogP) is 0.739. The van der Waals surface area contributed by atoms with Gasteiger partial charge in [0, 0.05) is 19.7 Å². The quantitative estimate of drug-likeness (QED) is 0.806. The lowest BCUT2D eigenvalue weighted by Crippen LogP contribution is -2.41. The molecule has 0 atom stereocenters. The monoisotopic (exact) mass is 235 g/mol. The van der Waals surface area contributed by atoms with Crippen molar-refractivity contribution in [3.05, 3.63) is 28.7 Å². The van der Waals surface area contributed by atoms with Crippen LogP contribution < -0.4 is 11.4 Å². The second kappa shape index (κ2) is 3.63. The zero-order chi connectivity index (χ0) is 12.8. The number of aromatic nitrogens is 2. The van der Waals surface area contributed by atoms with Gasteiger partial charge in [-0.05, 0) is 26.0 Å². The molecule has 0 unspecified atom stereocenters. The summed E-state index contributed by atoms with van der Waals surface area (Å²) in [4.78, 5) is 12.2. The largest absolute Gasteiger partial charge is 0.508 e. The topological polar surface area (TPSA) is 73.2 Å². The molecule has 0 aliphatic rings. The van der Waals surface area contributed by atoms with E-state index in [0.717, 1.165) is 5.52 Å². The van der Waals surface area contributed by atoms with E-state index >= 15 is 0 Å². The Morgan fingerprint density at radius 1 is 1.35 bits per heavy atom. The molecule has 2 rings (SSSR count). The minimum Gasteiger partial charge on any atom is -0.508 e. The number of aromatic hydroxyl groups is 1. The Morgan fingerprint density at radius 3 is 2.59 bits per heavy atom. The van der Waals surface area contributed by atoms with Crippen LogP contribution in [0.5, 0.6) is 5.75 Å². The Labute approximate surface area is 99.1 Å². The molecular weight excluding hydrogens is 218 g/mol. The van der Waals surface area contributed by atoms with Gasteiger partial charge in [0.2, 0.25) is 0 Å². The first kappa shape index (κ1) is 11.7. The molecule has 0 saturated carbocycles. The van der Waals surface area contributed by atoms with Crippen LogP contribution in [0.4, 0.5) is 0 Å². The summed E-state index contributed by atoms with van der Waals surface area (Å²) in [6.07, 6.45) is 0. The fraction of sp³-hybridized carbons (Fsp3) is 0.417. The zero-order valence-corrected chi connectivity index (χ0v) is 10.3. The summed E-state index contributed by atoms with van der Waals surface area (Å²) in [6, 6.07) is 4.89. The van der Waals surface area contributed by atoms with Gasteiger partial charge in [-0.15, -0.1) is 0 Å². The first-order chi connectivity index (χ1) is 7.88. The van der Waals surface area contributed by atoms with E-state index in [-0.39, 0.29) is 11.4 Å². The summed E-state index contributed by atoms with van der Waals surface area (Å²) >= 11 is 0. The number of hydrogen-bond acceptors (Lipinski definition) is 3. The highest BCUT2D eigenvalue weighted by atomic mass is 16.3. The van der Waals surface area contributed by atoms with Crippen molar-refractivity contribution in [1.29, 1.82) is 0 Å². The first-order valence-corrected chi connectivity index (χ1v) is 5.49. The molecule has 0 bridgehead atoms. The van der Waals surface area contributed by atoms with E-state index in [1.165, 1.54) is 0 Å². The van der Waals surface area contributed by atoms with Gasteiger partial charge in [0.15, 0.2) is 0 Å². The molecule has 1 heterocycles. The van der Waals surface area contributed by atoms with Gasteiger partial charge in [-0.3, -0.25) is 9.13 Å². The molecule has 0 radical (unpaired) electrons. The molecule has 3 N–H and O–H groups in total. The molecule has 0 saturated heterocycles. The van der Waals surface area contributed by atoms with Crippen molar-refractivity contribution in [3.8, 4) is 5.75 Å². The maximum absolute atomic E-state index is 12.2. The minimum atomic E-state index is -0.482. The van der Waals surface area contributed by atoms with Crippen molar-refractivity contribution in [1.82, 2.24) is 9.13 Å². The van der Waals surface area contributed by atoms with Gasteiger partial charge in [0.25, 0.3) is 0 Å². The van der Waals surface area contributed by atoms with Gasteiger partial charge < -0.3 is 10.8 Å². The van der Waals surface area contributed by atoms with E-state index in [2.05, 4.69) is 0 Å². The van der Waals surface area contributed by atoms with Crippen LogP contribution in [0.25, 0.3) is 11.0 Å². The van der Waals surface area contributed by atoms with Crippen LogP contribution in [0.1, 0.15) is 13.8 Å². The number of benzene rings is 1. The van der Waals surface area contributed by atoms with Crippen LogP contribution in [0, 0.1) is 0 Å². The smallest absolute Gasteiger partial charge is 0.329 e. The predicted molar refractivity (Wildman–Crippen MR) is 67.2 cm³/mol. The lowest BCUT2D eigenvalue weighted by atomic mass is 10.1. The Morgan fingerprint density at radius 2 is 2.00 bits per heavy atom. The van der Waals surface area contributed by atoms with Crippen molar-refractivity contribution in [3.63, 3.8) is 0 Å². The molecule has 0 amide bonds. The Kier molecular flexibility index (Phi) is 2.50. The van der Waals surface area contributed by atoms with Crippen LogP contribution in [0.15, 0.2) is 23.0 Å². The average molecular weight is 235 g/mol. The lowest BCUT2D eigenvalue weighted by molar-refractivity contribution is 0.363. The lowest BCUT2D eigenvalue weighted by Gasteiger charge is -2.24. The number of aryl methyl sites for hydroxylation is 1. The molecule has 0 aliphatic heterocycles. The minimum absolute atomic E-state index is 0.124. The van der Waals surface area contributed by atoms with Gasteiger partial charge in [-0.1, -0.05) is 0 Å². The van der Waals surface area contributed by atoms with Gasteiger partial charge in [-0.2, -0.15) is 0 Å². The number of fused-ring (bicyclic) bond motifs is 1. The van der Waals surface area contributed by atoms with Crippen LogP contribution in [0.3, 0.4) is 0 Å². The van der Waals surface area contributed by atoms with Gasteiger partial charge in [-0.25, -0.2) is 4.79 Å². The number of phenols is 1. The highest BCUT2D eigenvalue weighted by molar-refractivity contribution is 5.78. The van der Waals surface area contributed by atoms with E-state index in [4.69, 9.17) is 5.73 Å². The molecular formula is C12H17N3O2. The number of hydrogen-bond donors (Lipinski definition) is 2. The van der Waals surface area contributed by atoms with Crippen molar-refractivity contribution < 1.29 is 5.11 Å². The SMILES string of the molecule is Cn1c(=O)n(C(C)(C)CN)c2cc(O)ccc21. The maximum Gasteiger partial charge on any atom is 0.329 e. The Bertz CT molecular complexity index is 622. The van der Waals surface area contributed by atoms with Crippen molar-refractivity contribution in [2.24, 2.45) is 12.8 Å². The standard InChI is InChI=1S/C12H17N3O2/c1-12(2,7-13)15-10-6-8(16)4-5-9(10)14(3)11(15)17/h4-6,16H,7,13H2,1-3H3. The zero-order valence-electron chi connectivity index (χ0n) is 10.3. The van der Waals surface area contributed by atoms with Gasteiger partial charge in [0.1, 0.15) is 5.75 Å². The number of rotatable bonds is 2. The van der Waals surface area contributed by atoms with Crippen LogP contribution in [0.2, 0.25) is 0 Å². The maximum atomic E-state index is 12.2. The van der Waals surface area contributed by atoms with E-state index in [9.17, 15) is 9.90 Å². The third kappa shape index (κ3) is 1.63. The van der Waals surface area contributed by atoms with Crippen LogP contribution in [-0.4, -0.2) is 20.8 Å². The third-order valence-corrected chi connectivity index (χ3v) is 3.14. The van der Waals surface area contributed by atoms with Crippen molar-refractivity contribution in [2.45, 2.75) is 19.4 Å². The highest BCUT2D eigenvalue weighted by Gasteiger charge is 2.24. The summed E-state index contributed by atoms with van der Waals surface area (Å²) < 4.78 is 3.19. The van der Waals surface area contributed by atoms with E-state index in [1.54, 1.807) is 34.4 Å².